The second-order valence-corrected chi connectivity index (χ2v) is 4.50. The molecule has 0 spiro atoms. The summed E-state index contributed by atoms with van der Waals surface area (Å²) in [4.78, 5) is 11.8. The maximum atomic E-state index is 11.8. The van der Waals surface area contributed by atoms with Gasteiger partial charge in [0.25, 0.3) is 0 Å². The Hall–Kier alpha value is -2.31. The summed E-state index contributed by atoms with van der Waals surface area (Å²) in [5.74, 6) is -0.347. The highest BCUT2D eigenvalue weighted by atomic mass is 16.5. The molecule has 2 rings (SSSR count). The van der Waals surface area contributed by atoms with E-state index in [4.69, 9.17) is 4.74 Å². The van der Waals surface area contributed by atoms with E-state index in [0.29, 0.717) is 18.7 Å². The van der Waals surface area contributed by atoms with Crippen LogP contribution in [-0.2, 0) is 25.4 Å². The van der Waals surface area contributed by atoms with Crippen molar-refractivity contribution in [3.63, 3.8) is 0 Å². The number of nitrogens with one attached hydrogen (secondary N) is 1. The van der Waals surface area contributed by atoms with Crippen LogP contribution >= 0.6 is 0 Å². The predicted octanol–water partition coefficient (Wildman–Crippen LogP) is 1.25. The first-order valence-electron chi connectivity index (χ1n) is 6.45. The van der Waals surface area contributed by atoms with E-state index in [1.54, 1.807) is 23.3 Å². The maximum absolute atomic E-state index is 11.8. The van der Waals surface area contributed by atoms with Gasteiger partial charge in [0, 0.05) is 20.3 Å². The van der Waals surface area contributed by atoms with Crippen molar-refractivity contribution in [1.82, 2.24) is 19.6 Å². The number of aryl methyl sites for hydroxylation is 3. The fourth-order valence-electron chi connectivity index (χ4n) is 2.00. The van der Waals surface area contributed by atoms with E-state index in [9.17, 15) is 4.79 Å². The lowest BCUT2D eigenvalue weighted by Gasteiger charge is -2.08. The Morgan fingerprint density at radius 1 is 1.45 bits per heavy atom. The number of hydrogen-bond acceptors (Lipinski definition) is 5. The molecule has 108 valence electrons. The molecular weight excluding hydrogens is 258 g/mol. The van der Waals surface area contributed by atoms with Crippen LogP contribution in [0.5, 0.6) is 0 Å². The van der Waals surface area contributed by atoms with Crippen LogP contribution in [0.15, 0.2) is 12.4 Å². The minimum atomic E-state index is -0.347. The summed E-state index contributed by atoms with van der Waals surface area (Å²) in [5.41, 5.74) is 3.12. The highest BCUT2D eigenvalue weighted by molar-refractivity contribution is 5.90. The molecule has 7 heteroatoms. The average molecular weight is 277 g/mol. The quantitative estimate of drug-likeness (QED) is 0.833. The van der Waals surface area contributed by atoms with Crippen molar-refractivity contribution in [3.8, 4) is 0 Å². The van der Waals surface area contributed by atoms with Crippen molar-refractivity contribution in [2.45, 2.75) is 20.4 Å². The smallest absolute Gasteiger partial charge is 0.341 e. The van der Waals surface area contributed by atoms with Crippen LogP contribution in [0.2, 0.25) is 0 Å². The first kappa shape index (κ1) is 14.1. The molecule has 0 radical (unpaired) electrons. The number of aromatic nitrogens is 4. The molecule has 7 nitrogen and oxygen atoms in total. The van der Waals surface area contributed by atoms with Crippen LogP contribution < -0.4 is 5.32 Å². The Kier molecular flexibility index (Phi) is 4.07. The van der Waals surface area contributed by atoms with Gasteiger partial charge in [-0.15, -0.1) is 0 Å². The minimum absolute atomic E-state index is 0.347. The Morgan fingerprint density at radius 3 is 2.80 bits per heavy atom. The van der Waals surface area contributed by atoms with E-state index in [1.165, 1.54) is 6.20 Å². The third-order valence-corrected chi connectivity index (χ3v) is 3.02. The minimum Gasteiger partial charge on any atom is -0.462 e. The molecule has 0 amide bonds. The zero-order valence-corrected chi connectivity index (χ0v) is 12.2. The lowest BCUT2D eigenvalue weighted by Crippen LogP contribution is -2.12. The molecule has 0 saturated carbocycles. The van der Waals surface area contributed by atoms with Crippen LogP contribution in [0.3, 0.4) is 0 Å². The number of anilines is 1. The fraction of sp³-hybridized carbons (Fsp3) is 0.462. The third-order valence-electron chi connectivity index (χ3n) is 3.02. The van der Waals surface area contributed by atoms with Crippen molar-refractivity contribution in [2.75, 3.05) is 11.9 Å². The maximum Gasteiger partial charge on any atom is 0.341 e. The molecule has 1 N–H and O–H groups in total. The zero-order chi connectivity index (χ0) is 14.7. The lowest BCUT2D eigenvalue weighted by molar-refractivity contribution is 0.0525. The van der Waals surface area contributed by atoms with Crippen molar-refractivity contribution in [2.24, 2.45) is 14.1 Å². The van der Waals surface area contributed by atoms with Gasteiger partial charge in [0.15, 0.2) is 0 Å². The van der Waals surface area contributed by atoms with Gasteiger partial charge in [-0.2, -0.15) is 10.2 Å². The van der Waals surface area contributed by atoms with Gasteiger partial charge in [0.05, 0.1) is 36.4 Å². The van der Waals surface area contributed by atoms with Gasteiger partial charge >= 0.3 is 5.97 Å². The van der Waals surface area contributed by atoms with Gasteiger partial charge in [-0.3, -0.25) is 9.36 Å². The van der Waals surface area contributed by atoms with Gasteiger partial charge in [0.1, 0.15) is 5.56 Å². The molecule has 2 aromatic heterocycles. The van der Waals surface area contributed by atoms with Gasteiger partial charge in [-0.1, -0.05) is 0 Å². The molecule has 0 aromatic carbocycles. The van der Waals surface area contributed by atoms with Crippen molar-refractivity contribution >= 4 is 11.7 Å². The van der Waals surface area contributed by atoms with Crippen molar-refractivity contribution < 1.29 is 9.53 Å². The van der Waals surface area contributed by atoms with E-state index in [2.05, 4.69) is 15.5 Å². The van der Waals surface area contributed by atoms with Gasteiger partial charge < -0.3 is 10.1 Å². The molecule has 2 aromatic rings. The number of hydrogen-bond donors (Lipinski definition) is 1. The molecule has 0 aliphatic rings. The molecule has 0 fully saturated rings. The number of nitrogens with zero attached hydrogens (tertiary/aromatic N) is 4. The number of carbonyl (C=O) groups is 1. The predicted molar refractivity (Wildman–Crippen MR) is 74.4 cm³/mol. The SMILES string of the molecule is CCOC(=O)c1cnn(C)c1CNc1cn(C)nc1C. The largest absolute Gasteiger partial charge is 0.462 e. The molecule has 0 unspecified atom stereocenters. The van der Waals surface area contributed by atoms with Gasteiger partial charge in [-0.25, -0.2) is 4.79 Å². The van der Waals surface area contributed by atoms with Crippen LogP contribution in [0.1, 0.15) is 28.7 Å². The van der Waals surface area contributed by atoms with E-state index >= 15 is 0 Å². The summed E-state index contributed by atoms with van der Waals surface area (Å²) in [6.45, 7) is 4.54. The van der Waals surface area contributed by atoms with E-state index in [-0.39, 0.29) is 5.97 Å². The summed E-state index contributed by atoms with van der Waals surface area (Å²) in [6.07, 6.45) is 3.43. The van der Waals surface area contributed by atoms with Crippen molar-refractivity contribution in [1.29, 1.82) is 0 Å². The highest BCUT2D eigenvalue weighted by Crippen LogP contribution is 2.15. The van der Waals surface area contributed by atoms with Crippen LogP contribution in [-0.4, -0.2) is 32.1 Å². The second kappa shape index (κ2) is 5.77. The first-order chi connectivity index (χ1) is 9.52. The summed E-state index contributed by atoms with van der Waals surface area (Å²) in [5, 5.41) is 11.6. The summed E-state index contributed by atoms with van der Waals surface area (Å²) < 4.78 is 8.44. The Morgan fingerprint density at radius 2 is 2.20 bits per heavy atom. The van der Waals surface area contributed by atoms with Crippen LogP contribution in [0.25, 0.3) is 0 Å². The molecule has 2 heterocycles. The Balaban J connectivity index is 2.15. The van der Waals surface area contributed by atoms with Gasteiger partial charge in [0.2, 0.25) is 0 Å². The molecule has 0 atom stereocenters. The lowest BCUT2D eigenvalue weighted by atomic mass is 10.2. The summed E-state index contributed by atoms with van der Waals surface area (Å²) in [6, 6.07) is 0. The highest BCUT2D eigenvalue weighted by Gasteiger charge is 2.17. The molecule has 20 heavy (non-hydrogen) atoms. The normalized spacial score (nSPS) is 10.6. The summed E-state index contributed by atoms with van der Waals surface area (Å²) >= 11 is 0. The number of rotatable bonds is 5. The fourth-order valence-corrected chi connectivity index (χ4v) is 2.00. The number of carbonyl (C=O) groups excluding carboxylic acids is 1. The molecule has 0 saturated heterocycles. The van der Waals surface area contributed by atoms with E-state index < -0.39 is 0 Å². The van der Waals surface area contributed by atoms with Gasteiger partial charge in [-0.05, 0) is 13.8 Å². The van der Waals surface area contributed by atoms with Crippen LogP contribution in [0, 0.1) is 6.92 Å². The Labute approximate surface area is 117 Å². The van der Waals surface area contributed by atoms with Crippen molar-refractivity contribution in [3.05, 3.63) is 29.3 Å². The molecule has 0 aliphatic heterocycles. The number of esters is 1. The first-order valence-corrected chi connectivity index (χ1v) is 6.45. The average Bonchev–Trinajstić information content (AvgIpc) is 2.90. The summed E-state index contributed by atoms with van der Waals surface area (Å²) in [7, 11) is 3.67. The molecule has 0 bridgehead atoms. The molecular formula is C13H19N5O2. The van der Waals surface area contributed by atoms with Crippen LogP contribution in [0.4, 0.5) is 5.69 Å². The van der Waals surface area contributed by atoms with E-state index in [1.807, 2.05) is 20.2 Å². The number of ether oxygens (including phenoxy) is 1. The topological polar surface area (TPSA) is 74.0 Å². The third kappa shape index (κ3) is 2.81. The standard InChI is InChI=1S/C13H19N5O2/c1-5-20-13(19)10-6-15-18(4)12(10)7-14-11-8-17(3)16-9(11)2/h6,8,14H,5,7H2,1-4H3. The molecule has 0 aliphatic carbocycles. The zero-order valence-electron chi connectivity index (χ0n) is 12.2. The second-order valence-electron chi connectivity index (χ2n) is 4.50. The monoisotopic (exact) mass is 277 g/mol. The Bertz CT molecular complexity index is 614. The van der Waals surface area contributed by atoms with E-state index in [0.717, 1.165) is 17.1 Å².